The van der Waals surface area contributed by atoms with Crippen LogP contribution in [0.2, 0.25) is 0 Å². The van der Waals surface area contributed by atoms with E-state index in [2.05, 4.69) is 4.74 Å². The molecule has 0 fully saturated rings. The summed E-state index contributed by atoms with van der Waals surface area (Å²) in [5.74, 6) is -0.570. The SMILES string of the molecule is COC(=O)c1cc([N+](=O)[O-])cc(C(C)(C)C)c1. The van der Waals surface area contributed by atoms with Gasteiger partial charge >= 0.3 is 5.97 Å². The Morgan fingerprint density at radius 2 is 1.88 bits per heavy atom. The molecule has 0 saturated carbocycles. The second kappa shape index (κ2) is 4.53. The summed E-state index contributed by atoms with van der Waals surface area (Å²) in [6.07, 6.45) is 0. The summed E-state index contributed by atoms with van der Waals surface area (Å²) in [6, 6.07) is 4.33. The van der Waals surface area contributed by atoms with Crippen LogP contribution in [-0.4, -0.2) is 18.0 Å². The molecule has 1 rings (SSSR count). The van der Waals surface area contributed by atoms with E-state index in [1.165, 1.54) is 19.2 Å². The van der Waals surface area contributed by atoms with E-state index in [0.717, 1.165) is 5.56 Å². The van der Waals surface area contributed by atoms with Gasteiger partial charge in [-0.2, -0.15) is 0 Å². The van der Waals surface area contributed by atoms with Gasteiger partial charge in [-0.05, 0) is 17.0 Å². The molecule has 0 spiro atoms. The average molecular weight is 237 g/mol. The van der Waals surface area contributed by atoms with Crippen molar-refractivity contribution < 1.29 is 14.5 Å². The number of carbonyl (C=O) groups is 1. The third kappa shape index (κ3) is 3.03. The Morgan fingerprint density at radius 3 is 2.29 bits per heavy atom. The normalized spacial score (nSPS) is 11.1. The van der Waals surface area contributed by atoms with Crippen LogP contribution in [-0.2, 0) is 10.2 Å². The molecule has 0 radical (unpaired) electrons. The molecule has 92 valence electrons. The molecule has 17 heavy (non-hydrogen) atoms. The highest BCUT2D eigenvalue weighted by Crippen LogP contribution is 2.27. The number of hydrogen-bond donors (Lipinski definition) is 0. The van der Waals surface area contributed by atoms with Crippen molar-refractivity contribution in [3.63, 3.8) is 0 Å². The molecule has 0 aliphatic rings. The molecule has 0 amide bonds. The van der Waals surface area contributed by atoms with Crippen LogP contribution in [0.3, 0.4) is 0 Å². The molecule has 0 aliphatic heterocycles. The molecule has 0 aromatic heterocycles. The third-order valence-electron chi connectivity index (χ3n) is 2.42. The van der Waals surface area contributed by atoms with Crippen molar-refractivity contribution in [1.29, 1.82) is 0 Å². The minimum atomic E-state index is -0.570. The highest BCUT2D eigenvalue weighted by molar-refractivity contribution is 5.90. The first kappa shape index (κ1) is 13.2. The van der Waals surface area contributed by atoms with Crippen molar-refractivity contribution in [2.45, 2.75) is 26.2 Å². The van der Waals surface area contributed by atoms with E-state index in [-0.39, 0.29) is 16.7 Å². The number of nitrogens with zero attached hydrogens (tertiary/aromatic N) is 1. The topological polar surface area (TPSA) is 69.4 Å². The van der Waals surface area contributed by atoms with Crippen LogP contribution in [0.5, 0.6) is 0 Å². The number of carbonyl (C=O) groups excluding carboxylic acids is 1. The summed E-state index contributed by atoms with van der Waals surface area (Å²) in [4.78, 5) is 21.7. The second-order valence-corrected chi connectivity index (χ2v) is 4.77. The number of non-ortho nitro benzene ring substituents is 1. The standard InChI is InChI=1S/C12H15NO4/c1-12(2,3)9-5-8(11(14)17-4)6-10(7-9)13(15)16/h5-7H,1-4H3. The predicted octanol–water partition coefficient (Wildman–Crippen LogP) is 2.68. The van der Waals surface area contributed by atoms with Gasteiger partial charge in [0.25, 0.3) is 5.69 Å². The maximum Gasteiger partial charge on any atom is 0.338 e. The van der Waals surface area contributed by atoms with Crippen molar-refractivity contribution in [1.82, 2.24) is 0 Å². The van der Waals surface area contributed by atoms with Crippen LogP contribution >= 0.6 is 0 Å². The second-order valence-electron chi connectivity index (χ2n) is 4.77. The fourth-order valence-corrected chi connectivity index (χ4v) is 1.39. The predicted molar refractivity (Wildman–Crippen MR) is 63.1 cm³/mol. The lowest BCUT2D eigenvalue weighted by Gasteiger charge is -2.19. The Labute approximate surface area is 99.5 Å². The monoisotopic (exact) mass is 237 g/mol. The Kier molecular flexibility index (Phi) is 3.50. The van der Waals surface area contributed by atoms with Crippen LogP contribution in [0, 0.1) is 10.1 Å². The molecule has 5 nitrogen and oxygen atoms in total. The van der Waals surface area contributed by atoms with Crippen molar-refractivity contribution in [3.05, 3.63) is 39.4 Å². The minimum absolute atomic E-state index is 0.0992. The molecule has 1 aromatic carbocycles. The van der Waals surface area contributed by atoms with Crippen LogP contribution in [0.4, 0.5) is 5.69 Å². The van der Waals surface area contributed by atoms with Gasteiger partial charge in [-0.25, -0.2) is 4.79 Å². The Balaban J connectivity index is 3.39. The van der Waals surface area contributed by atoms with E-state index in [0.29, 0.717) is 0 Å². The molecule has 0 saturated heterocycles. The number of nitro benzene ring substituents is 1. The van der Waals surface area contributed by atoms with Crippen LogP contribution in [0.1, 0.15) is 36.7 Å². The Hall–Kier alpha value is -1.91. The molecule has 5 heteroatoms. The number of methoxy groups -OCH3 is 1. The van der Waals surface area contributed by atoms with Gasteiger partial charge in [0.1, 0.15) is 0 Å². The lowest BCUT2D eigenvalue weighted by atomic mass is 9.86. The number of esters is 1. The fourth-order valence-electron chi connectivity index (χ4n) is 1.39. The fraction of sp³-hybridized carbons (Fsp3) is 0.417. The molecular weight excluding hydrogens is 222 g/mol. The summed E-state index contributed by atoms with van der Waals surface area (Å²) in [7, 11) is 1.25. The summed E-state index contributed by atoms with van der Waals surface area (Å²) < 4.78 is 4.58. The lowest BCUT2D eigenvalue weighted by Crippen LogP contribution is -2.13. The van der Waals surface area contributed by atoms with Gasteiger partial charge in [0, 0.05) is 12.1 Å². The zero-order valence-corrected chi connectivity index (χ0v) is 10.3. The van der Waals surface area contributed by atoms with E-state index in [1.807, 2.05) is 20.8 Å². The zero-order valence-electron chi connectivity index (χ0n) is 10.3. The van der Waals surface area contributed by atoms with E-state index < -0.39 is 10.9 Å². The molecule has 1 aromatic rings. The van der Waals surface area contributed by atoms with Crippen molar-refractivity contribution >= 4 is 11.7 Å². The maximum atomic E-state index is 11.4. The molecule has 0 heterocycles. The van der Waals surface area contributed by atoms with Crippen molar-refractivity contribution in [3.8, 4) is 0 Å². The molecule has 0 aliphatic carbocycles. The van der Waals surface area contributed by atoms with Crippen LogP contribution in [0.25, 0.3) is 0 Å². The number of hydrogen-bond acceptors (Lipinski definition) is 4. The molecule has 0 unspecified atom stereocenters. The summed E-state index contributed by atoms with van der Waals surface area (Å²) in [5, 5.41) is 10.8. The third-order valence-corrected chi connectivity index (χ3v) is 2.42. The first-order chi connectivity index (χ1) is 7.75. The lowest BCUT2D eigenvalue weighted by molar-refractivity contribution is -0.385. The van der Waals surface area contributed by atoms with E-state index >= 15 is 0 Å². The van der Waals surface area contributed by atoms with Gasteiger partial charge in [-0.3, -0.25) is 10.1 Å². The van der Waals surface area contributed by atoms with Crippen molar-refractivity contribution in [2.24, 2.45) is 0 Å². The average Bonchev–Trinajstić information content (AvgIpc) is 2.26. The van der Waals surface area contributed by atoms with Gasteiger partial charge in [-0.15, -0.1) is 0 Å². The van der Waals surface area contributed by atoms with Crippen molar-refractivity contribution in [2.75, 3.05) is 7.11 Å². The van der Waals surface area contributed by atoms with Gasteiger partial charge in [0.2, 0.25) is 0 Å². The first-order valence-electron chi connectivity index (χ1n) is 5.14. The molecule has 0 bridgehead atoms. The van der Waals surface area contributed by atoms with Gasteiger partial charge in [0.05, 0.1) is 17.6 Å². The van der Waals surface area contributed by atoms with Crippen LogP contribution in [0.15, 0.2) is 18.2 Å². The van der Waals surface area contributed by atoms with Crippen LogP contribution < -0.4 is 0 Å². The van der Waals surface area contributed by atoms with E-state index in [9.17, 15) is 14.9 Å². The Bertz CT molecular complexity index is 460. The first-order valence-corrected chi connectivity index (χ1v) is 5.14. The summed E-state index contributed by atoms with van der Waals surface area (Å²) >= 11 is 0. The number of rotatable bonds is 2. The van der Waals surface area contributed by atoms with Gasteiger partial charge < -0.3 is 4.74 Å². The minimum Gasteiger partial charge on any atom is -0.465 e. The molecule has 0 atom stereocenters. The van der Waals surface area contributed by atoms with E-state index in [1.54, 1.807) is 6.07 Å². The summed E-state index contributed by atoms with van der Waals surface area (Å²) in [5.41, 5.74) is 0.561. The number of benzene rings is 1. The largest absolute Gasteiger partial charge is 0.465 e. The maximum absolute atomic E-state index is 11.4. The number of nitro groups is 1. The summed E-state index contributed by atoms with van der Waals surface area (Å²) in [6.45, 7) is 5.77. The highest BCUT2D eigenvalue weighted by atomic mass is 16.6. The molecular formula is C12H15NO4. The zero-order chi connectivity index (χ0) is 13.2. The Morgan fingerprint density at radius 1 is 1.29 bits per heavy atom. The van der Waals surface area contributed by atoms with Gasteiger partial charge in [-0.1, -0.05) is 20.8 Å². The van der Waals surface area contributed by atoms with E-state index in [4.69, 9.17) is 0 Å². The number of ether oxygens (including phenoxy) is 1. The smallest absolute Gasteiger partial charge is 0.338 e. The quantitative estimate of drug-likeness (QED) is 0.450. The highest BCUT2D eigenvalue weighted by Gasteiger charge is 2.21. The van der Waals surface area contributed by atoms with Gasteiger partial charge in [0.15, 0.2) is 0 Å². The molecule has 0 N–H and O–H groups in total.